The van der Waals surface area contributed by atoms with Crippen molar-refractivity contribution in [2.45, 2.75) is 26.2 Å². The van der Waals surface area contributed by atoms with Gasteiger partial charge in [0.1, 0.15) is 5.82 Å². The summed E-state index contributed by atoms with van der Waals surface area (Å²) in [4.78, 5) is 7.85. The second-order valence-corrected chi connectivity index (χ2v) is 5.26. The predicted molar refractivity (Wildman–Crippen MR) is 73.7 cm³/mol. The van der Waals surface area contributed by atoms with E-state index < -0.39 is 0 Å². The first kappa shape index (κ1) is 12.9. The van der Waals surface area contributed by atoms with Crippen molar-refractivity contribution in [3.63, 3.8) is 0 Å². The number of aromatic amines is 1. The van der Waals surface area contributed by atoms with Crippen LogP contribution in [0.25, 0.3) is 11.0 Å². The molecule has 2 aromatic rings. The average molecular weight is 262 g/mol. The average Bonchev–Trinajstić information content (AvgIpc) is 2.77. The van der Waals surface area contributed by atoms with Gasteiger partial charge in [-0.1, -0.05) is 13.8 Å². The number of imidazole rings is 1. The third-order valence-electron chi connectivity index (χ3n) is 2.96. The molecule has 0 aliphatic rings. The summed E-state index contributed by atoms with van der Waals surface area (Å²) < 4.78 is 0. The first-order chi connectivity index (χ1) is 8.63. The number of benzene rings is 1. The summed E-state index contributed by atoms with van der Waals surface area (Å²) in [5.41, 5.74) is 2.43. The zero-order valence-corrected chi connectivity index (χ0v) is 11.3. The molecule has 0 spiro atoms. The van der Waals surface area contributed by atoms with Gasteiger partial charge < -0.3 is 4.98 Å². The number of rotatable bonds is 4. The van der Waals surface area contributed by atoms with Crippen LogP contribution in [0.1, 0.15) is 37.6 Å². The van der Waals surface area contributed by atoms with Gasteiger partial charge in [0, 0.05) is 11.8 Å². The minimum atomic E-state index is 0.240. The number of nitriles is 1. The third-order valence-corrected chi connectivity index (χ3v) is 3.33. The number of hydrogen-bond acceptors (Lipinski definition) is 2. The van der Waals surface area contributed by atoms with Crippen LogP contribution in [0.4, 0.5) is 0 Å². The monoisotopic (exact) mass is 261 g/mol. The van der Waals surface area contributed by atoms with Gasteiger partial charge in [-0.2, -0.15) is 5.26 Å². The number of alkyl halides is 1. The lowest BCUT2D eigenvalue weighted by Gasteiger charge is -2.13. The highest BCUT2D eigenvalue weighted by Crippen LogP contribution is 2.25. The molecule has 1 aromatic carbocycles. The molecule has 0 bridgehead atoms. The molecule has 1 heterocycles. The number of fused-ring (bicyclic) bond motifs is 1. The van der Waals surface area contributed by atoms with Crippen LogP contribution in [0, 0.1) is 17.2 Å². The van der Waals surface area contributed by atoms with Crippen molar-refractivity contribution in [1.82, 2.24) is 9.97 Å². The van der Waals surface area contributed by atoms with Gasteiger partial charge in [-0.3, -0.25) is 0 Å². The number of aromatic nitrogens is 2. The number of nitrogens with one attached hydrogen (secondary N) is 1. The first-order valence-corrected chi connectivity index (χ1v) is 6.63. The van der Waals surface area contributed by atoms with Gasteiger partial charge in [0.05, 0.1) is 22.7 Å². The lowest BCUT2D eigenvalue weighted by atomic mass is 9.98. The van der Waals surface area contributed by atoms with Gasteiger partial charge in [-0.25, -0.2) is 4.98 Å². The Hall–Kier alpha value is -1.53. The van der Waals surface area contributed by atoms with Gasteiger partial charge in [-0.15, -0.1) is 11.6 Å². The van der Waals surface area contributed by atoms with E-state index in [0.29, 0.717) is 17.4 Å². The van der Waals surface area contributed by atoms with Gasteiger partial charge in [0.25, 0.3) is 0 Å². The zero-order chi connectivity index (χ0) is 13.1. The molecule has 1 unspecified atom stereocenters. The Morgan fingerprint density at radius 2 is 2.22 bits per heavy atom. The summed E-state index contributed by atoms with van der Waals surface area (Å²) in [6, 6.07) is 7.61. The maximum absolute atomic E-state index is 8.87. The number of halogens is 1. The molecule has 0 amide bonds. The summed E-state index contributed by atoms with van der Waals surface area (Å²) >= 11 is 6.02. The lowest BCUT2D eigenvalue weighted by molar-refractivity contribution is 0.514. The summed E-state index contributed by atoms with van der Waals surface area (Å²) in [7, 11) is 0. The number of nitrogens with zero attached hydrogens (tertiary/aromatic N) is 2. The molecule has 4 heteroatoms. The molecule has 0 aliphatic carbocycles. The number of hydrogen-bond donors (Lipinski definition) is 1. The van der Waals surface area contributed by atoms with E-state index in [4.69, 9.17) is 16.9 Å². The second-order valence-electron chi connectivity index (χ2n) is 4.95. The van der Waals surface area contributed by atoms with Gasteiger partial charge in [-0.05, 0) is 30.5 Å². The van der Waals surface area contributed by atoms with E-state index >= 15 is 0 Å². The maximum Gasteiger partial charge on any atom is 0.111 e. The molecule has 0 saturated heterocycles. The van der Waals surface area contributed by atoms with E-state index in [9.17, 15) is 0 Å². The zero-order valence-electron chi connectivity index (χ0n) is 10.6. The SMILES string of the molecule is CC(C)CC(CCl)c1nc2cc(C#N)ccc2[nH]1. The van der Waals surface area contributed by atoms with Crippen molar-refractivity contribution in [1.29, 1.82) is 5.26 Å². The largest absolute Gasteiger partial charge is 0.342 e. The van der Waals surface area contributed by atoms with Crippen molar-refractivity contribution < 1.29 is 0 Å². The van der Waals surface area contributed by atoms with Crippen molar-refractivity contribution >= 4 is 22.6 Å². The fourth-order valence-corrected chi connectivity index (χ4v) is 2.38. The molecule has 3 nitrogen and oxygen atoms in total. The maximum atomic E-state index is 8.87. The van der Waals surface area contributed by atoms with E-state index in [0.717, 1.165) is 23.3 Å². The molecule has 2 rings (SSSR count). The molecule has 1 aromatic heterocycles. The Morgan fingerprint density at radius 1 is 1.44 bits per heavy atom. The van der Waals surface area contributed by atoms with Crippen LogP contribution in [-0.4, -0.2) is 15.8 Å². The highest BCUT2D eigenvalue weighted by Gasteiger charge is 2.16. The Labute approximate surface area is 112 Å². The summed E-state index contributed by atoms with van der Waals surface area (Å²) in [5, 5.41) is 8.87. The molecule has 0 saturated carbocycles. The molecule has 0 fully saturated rings. The fraction of sp³-hybridized carbons (Fsp3) is 0.429. The van der Waals surface area contributed by atoms with Crippen LogP contribution >= 0.6 is 11.6 Å². The van der Waals surface area contributed by atoms with Crippen LogP contribution in [0.2, 0.25) is 0 Å². The molecular formula is C14H16ClN3. The minimum absolute atomic E-state index is 0.240. The Balaban J connectivity index is 2.37. The standard InChI is InChI=1S/C14H16ClN3/c1-9(2)5-11(7-15)14-17-12-4-3-10(8-16)6-13(12)18-14/h3-4,6,9,11H,5,7H2,1-2H3,(H,17,18). The quantitative estimate of drug-likeness (QED) is 0.851. The summed E-state index contributed by atoms with van der Waals surface area (Å²) in [6.45, 7) is 4.35. The number of H-pyrrole nitrogens is 1. The normalized spacial score (nSPS) is 12.8. The van der Waals surface area contributed by atoms with Crippen molar-refractivity contribution in [3.8, 4) is 6.07 Å². The van der Waals surface area contributed by atoms with Crippen molar-refractivity contribution in [3.05, 3.63) is 29.6 Å². The molecular weight excluding hydrogens is 246 g/mol. The van der Waals surface area contributed by atoms with Crippen LogP contribution in [0.3, 0.4) is 0 Å². The topological polar surface area (TPSA) is 52.5 Å². The minimum Gasteiger partial charge on any atom is -0.342 e. The molecule has 0 aliphatic heterocycles. The smallest absolute Gasteiger partial charge is 0.111 e. The lowest BCUT2D eigenvalue weighted by Crippen LogP contribution is -2.06. The van der Waals surface area contributed by atoms with Crippen LogP contribution in [-0.2, 0) is 0 Å². The first-order valence-electron chi connectivity index (χ1n) is 6.09. The van der Waals surface area contributed by atoms with E-state index in [1.165, 1.54) is 0 Å². The van der Waals surface area contributed by atoms with Gasteiger partial charge in [0.2, 0.25) is 0 Å². The molecule has 18 heavy (non-hydrogen) atoms. The van der Waals surface area contributed by atoms with Gasteiger partial charge in [0.15, 0.2) is 0 Å². The Kier molecular flexibility index (Phi) is 3.88. The third kappa shape index (κ3) is 2.65. The summed E-state index contributed by atoms with van der Waals surface area (Å²) in [5.74, 6) is 2.30. The van der Waals surface area contributed by atoms with Crippen molar-refractivity contribution in [2.75, 3.05) is 5.88 Å². The summed E-state index contributed by atoms with van der Waals surface area (Å²) in [6.07, 6.45) is 1.01. The second kappa shape index (κ2) is 5.41. The van der Waals surface area contributed by atoms with E-state index in [2.05, 4.69) is 29.9 Å². The molecule has 1 atom stereocenters. The van der Waals surface area contributed by atoms with Gasteiger partial charge >= 0.3 is 0 Å². The van der Waals surface area contributed by atoms with E-state index in [1.54, 1.807) is 12.1 Å². The molecule has 0 radical (unpaired) electrons. The van der Waals surface area contributed by atoms with Crippen molar-refractivity contribution in [2.24, 2.45) is 5.92 Å². The highest BCUT2D eigenvalue weighted by molar-refractivity contribution is 6.18. The van der Waals surface area contributed by atoms with Crippen LogP contribution < -0.4 is 0 Å². The van der Waals surface area contributed by atoms with E-state index in [-0.39, 0.29) is 5.92 Å². The molecule has 94 valence electrons. The van der Waals surface area contributed by atoms with Crippen LogP contribution in [0.15, 0.2) is 18.2 Å². The van der Waals surface area contributed by atoms with E-state index in [1.807, 2.05) is 6.07 Å². The Morgan fingerprint density at radius 3 is 2.83 bits per heavy atom. The molecule has 1 N–H and O–H groups in total. The Bertz CT molecular complexity index is 580. The highest BCUT2D eigenvalue weighted by atomic mass is 35.5. The predicted octanol–water partition coefficient (Wildman–Crippen LogP) is 3.80. The van der Waals surface area contributed by atoms with Crippen LogP contribution in [0.5, 0.6) is 0 Å². The fourth-order valence-electron chi connectivity index (χ4n) is 2.11.